The van der Waals surface area contributed by atoms with Crippen molar-refractivity contribution in [3.8, 4) is 28.9 Å². The van der Waals surface area contributed by atoms with E-state index in [0.717, 1.165) is 46.6 Å². The molecule has 26 heavy (non-hydrogen) atoms. The SMILES string of the molecule is COc1ccc(-n2c(SCCCCC#N)nnc2-c2ccccc2)cc1. The highest BCUT2D eigenvalue weighted by atomic mass is 32.2. The van der Waals surface area contributed by atoms with Crippen LogP contribution in [-0.4, -0.2) is 27.6 Å². The minimum absolute atomic E-state index is 0.598. The Morgan fingerprint density at radius 1 is 1.04 bits per heavy atom. The number of thioether (sulfide) groups is 1. The summed E-state index contributed by atoms with van der Waals surface area (Å²) >= 11 is 1.67. The molecule has 1 heterocycles. The molecule has 0 amide bonds. The molecule has 0 aliphatic carbocycles. The number of benzene rings is 2. The highest BCUT2D eigenvalue weighted by molar-refractivity contribution is 7.99. The fourth-order valence-electron chi connectivity index (χ4n) is 2.57. The van der Waals surface area contributed by atoms with Crippen LogP contribution in [0.2, 0.25) is 0 Å². The van der Waals surface area contributed by atoms with Crippen molar-refractivity contribution >= 4 is 11.8 Å². The van der Waals surface area contributed by atoms with Crippen LogP contribution in [0, 0.1) is 11.3 Å². The van der Waals surface area contributed by atoms with Crippen LogP contribution < -0.4 is 4.74 Å². The summed E-state index contributed by atoms with van der Waals surface area (Å²) in [6.07, 6.45) is 2.49. The van der Waals surface area contributed by atoms with Crippen molar-refractivity contribution in [2.75, 3.05) is 12.9 Å². The Bertz CT molecular complexity index is 869. The van der Waals surface area contributed by atoms with Gasteiger partial charge in [0.05, 0.1) is 13.2 Å². The molecular formula is C20H20N4OS. The van der Waals surface area contributed by atoms with Crippen LogP contribution in [0.1, 0.15) is 19.3 Å². The molecule has 0 unspecified atom stereocenters. The first-order valence-corrected chi connectivity index (χ1v) is 9.47. The quantitative estimate of drug-likeness (QED) is 0.427. The zero-order valence-electron chi connectivity index (χ0n) is 14.6. The van der Waals surface area contributed by atoms with Gasteiger partial charge in [-0.3, -0.25) is 4.57 Å². The maximum atomic E-state index is 8.65. The van der Waals surface area contributed by atoms with Crippen LogP contribution >= 0.6 is 11.8 Å². The van der Waals surface area contributed by atoms with Crippen LogP contribution in [0.25, 0.3) is 17.1 Å². The number of hydrogen-bond acceptors (Lipinski definition) is 5. The Kier molecular flexibility index (Phi) is 6.29. The van der Waals surface area contributed by atoms with Crippen LogP contribution in [0.3, 0.4) is 0 Å². The second-order valence-electron chi connectivity index (χ2n) is 5.67. The Labute approximate surface area is 157 Å². The zero-order valence-corrected chi connectivity index (χ0v) is 15.4. The van der Waals surface area contributed by atoms with Crippen LogP contribution in [0.5, 0.6) is 5.75 Å². The second kappa shape index (κ2) is 9.07. The van der Waals surface area contributed by atoms with Crippen molar-refractivity contribution in [2.45, 2.75) is 24.4 Å². The second-order valence-corrected chi connectivity index (χ2v) is 6.73. The number of nitriles is 1. The Balaban J connectivity index is 1.91. The molecule has 3 rings (SSSR count). The molecule has 5 nitrogen and oxygen atoms in total. The number of hydrogen-bond donors (Lipinski definition) is 0. The van der Waals surface area contributed by atoms with E-state index in [4.69, 9.17) is 10.00 Å². The molecule has 0 aliphatic rings. The van der Waals surface area contributed by atoms with Gasteiger partial charge in [0, 0.05) is 23.4 Å². The number of methoxy groups -OCH3 is 1. The maximum Gasteiger partial charge on any atom is 0.196 e. The van der Waals surface area contributed by atoms with Crippen molar-refractivity contribution in [2.24, 2.45) is 0 Å². The van der Waals surface area contributed by atoms with Crippen molar-refractivity contribution in [3.63, 3.8) is 0 Å². The first-order chi connectivity index (χ1) is 12.8. The number of unbranched alkanes of at least 4 members (excludes halogenated alkanes) is 2. The molecule has 132 valence electrons. The number of aromatic nitrogens is 3. The zero-order chi connectivity index (χ0) is 18.2. The summed E-state index contributed by atoms with van der Waals surface area (Å²) in [5.41, 5.74) is 2.02. The predicted molar refractivity (Wildman–Crippen MR) is 104 cm³/mol. The first-order valence-electron chi connectivity index (χ1n) is 8.48. The Morgan fingerprint density at radius 3 is 2.50 bits per heavy atom. The molecule has 0 saturated heterocycles. The third kappa shape index (κ3) is 4.24. The van der Waals surface area contributed by atoms with Crippen LogP contribution in [0.15, 0.2) is 59.8 Å². The van der Waals surface area contributed by atoms with Gasteiger partial charge in [0.1, 0.15) is 5.75 Å². The molecule has 0 radical (unpaired) electrons. The molecule has 0 fully saturated rings. The van der Waals surface area contributed by atoms with Crippen molar-refractivity contribution in [3.05, 3.63) is 54.6 Å². The molecule has 1 aromatic heterocycles. The van der Waals surface area contributed by atoms with Gasteiger partial charge < -0.3 is 4.74 Å². The van der Waals surface area contributed by atoms with E-state index < -0.39 is 0 Å². The van der Waals surface area contributed by atoms with E-state index in [9.17, 15) is 0 Å². The minimum atomic E-state index is 0.598. The maximum absolute atomic E-state index is 8.65. The van der Waals surface area contributed by atoms with Gasteiger partial charge in [-0.1, -0.05) is 42.1 Å². The monoisotopic (exact) mass is 364 g/mol. The molecule has 3 aromatic rings. The van der Waals surface area contributed by atoms with Crippen molar-refractivity contribution in [1.29, 1.82) is 5.26 Å². The molecule has 0 spiro atoms. The summed E-state index contributed by atoms with van der Waals surface area (Å²) in [5, 5.41) is 18.3. The molecule has 6 heteroatoms. The van der Waals surface area contributed by atoms with Gasteiger partial charge in [-0.25, -0.2) is 0 Å². The van der Waals surface area contributed by atoms with Gasteiger partial charge in [0.2, 0.25) is 0 Å². The predicted octanol–water partition coefficient (Wildman–Crippen LogP) is 4.73. The van der Waals surface area contributed by atoms with E-state index in [0.29, 0.717) is 6.42 Å². The molecular weight excluding hydrogens is 344 g/mol. The molecule has 0 aliphatic heterocycles. The van der Waals surface area contributed by atoms with E-state index in [-0.39, 0.29) is 0 Å². The fraction of sp³-hybridized carbons (Fsp3) is 0.250. The summed E-state index contributed by atoms with van der Waals surface area (Å²) < 4.78 is 7.34. The molecule has 0 saturated carbocycles. The van der Waals surface area contributed by atoms with E-state index >= 15 is 0 Å². The van der Waals surface area contributed by atoms with Crippen molar-refractivity contribution in [1.82, 2.24) is 14.8 Å². The van der Waals surface area contributed by atoms with E-state index in [1.807, 2.05) is 54.6 Å². The largest absolute Gasteiger partial charge is 0.497 e. The molecule has 0 N–H and O–H groups in total. The van der Waals surface area contributed by atoms with E-state index in [1.54, 1.807) is 18.9 Å². The highest BCUT2D eigenvalue weighted by Gasteiger charge is 2.16. The van der Waals surface area contributed by atoms with Crippen LogP contribution in [-0.2, 0) is 0 Å². The normalized spacial score (nSPS) is 10.5. The minimum Gasteiger partial charge on any atom is -0.497 e. The van der Waals surface area contributed by atoms with Gasteiger partial charge in [-0.05, 0) is 37.1 Å². The average Bonchev–Trinajstić information content (AvgIpc) is 3.12. The van der Waals surface area contributed by atoms with E-state index in [1.165, 1.54) is 0 Å². The van der Waals surface area contributed by atoms with Gasteiger partial charge >= 0.3 is 0 Å². The number of nitrogens with zero attached hydrogens (tertiary/aromatic N) is 4. The lowest BCUT2D eigenvalue weighted by molar-refractivity contribution is 0.414. The smallest absolute Gasteiger partial charge is 0.196 e. The summed E-state index contributed by atoms with van der Waals surface area (Å²) in [6.45, 7) is 0. The third-order valence-corrected chi connectivity index (χ3v) is 4.93. The molecule has 0 atom stereocenters. The lowest BCUT2D eigenvalue weighted by Gasteiger charge is -2.11. The van der Waals surface area contributed by atoms with Gasteiger partial charge in [-0.15, -0.1) is 10.2 Å². The Hall–Kier alpha value is -2.78. The van der Waals surface area contributed by atoms with Gasteiger partial charge in [-0.2, -0.15) is 5.26 Å². The third-order valence-electron chi connectivity index (χ3n) is 3.91. The summed E-state index contributed by atoms with van der Waals surface area (Å²) in [4.78, 5) is 0. The first kappa shape index (κ1) is 18.0. The lowest BCUT2D eigenvalue weighted by Crippen LogP contribution is -2.00. The molecule has 2 aromatic carbocycles. The fourth-order valence-corrected chi connectivity index (χ4v) is 3.52. The van der Waals surface area contributed by atoms with Crippen LogP contribution in [0.4, 0.5) is 0 Å². The topological polar surface area (TPSA) is 63.7 Å². The number of ether oxygens (including phenoxy) is 1. The highest BCUT2D eigenvalue weighted by Crippen LogP contribution is 2.29. The van der Waals surface area contributed by atoms with E-state index in [2.05, 4.69) is 20.8 Å². The average molecular weight is 364 g/mol. The summed E-state index contributed by atoms with van der Waals surface area (Å²) in [5.74, 6) is 2.54. The Morgan fingerprint density at radius 2 is 1.81 bits per heavy atom. The lowest BCUT2D eigenvalue weighted by atomic mass is 10.2. The summed E-state index contributed by atoms with van der Waals surface area (Å²) in [7, 11) is 1.66. The van der Waals surface area contributed by atoms with Crippen molar-refractivity contribution < 1.29 is 4.74 Å². The van der Waals surface area contributed by atoms with Gasteiger partial charge in [0.25, 0.3) is 0 Å². The standard InChI is InChI=1S/C20H20N4OS/c1-25-18-12-10-17(11-13-18)24-19(16-8-4-2-5-9-16)22-23-20(24)26-15-7-3-6-14-21/h2,4-5,8-13H,3,6-7,15H2,1H3. The molecule has 0 bridgehead atoms. The summed E-state index contributed by atoms with van der Waals surface area (Å²) in [6, 6.07) is 20.1. The van der Waals surface area contributed by atoms with Gasteiger partial charge in [0.15, 0.2) is 11.0 Å². The number of rotatable bonds is 8.